The molecule has 7 nitrogen and oxygen atoms in total. The van der Waals surface area contributed by atoms with Gasteiger partial charge in [0, 0.05) is 51.8 Å². The average molecular weight is 422 g/mol. The fourth-order valence-corrected chi connectivity index (χ4v) is 4.33. The van der Waals surface area contributed by atoms with Gasteiger partial charge in [-0.25, -0.2) is 0 Å². The number of aromatic amines is 1. The first-order valence-electron chi connectivity index (χ1n) is 9.51. The van der Waals surface area contributed by atoms with Crippen molar-refractivity contribution in [1.29, 1.82) is 0 Å². The number of halogens is 1. The van der Waals surface area contributed by atoms with Gasteiger partial charge in [-0.1, -0.05) is 23.7 Å². The molecule has 30 heavy (non-hydrogen) atoms. The molecule has 1 aromatic heterocycles. The van der Waals surface area contributed by atoms with Gasteiger partial charge < -0.3 is 9.88 Å². The third kappa shape index (κ3) is 2.90. The fraction of sp³-hybridized carbons (Fsp3) is 0.182. The van der Waals surface area contributed by atoms with Crippen LogP contribution >= 0.6 is 11.6 Å². The number of nitrogens with zero attached hydrogens (tertiary/aromatic N) is 1. The van der Waals surface area contributed by atoms with E-state index in [1.165, 1.54) is 4.90 Å². The maximum atomic E-state index is 13.1. The lowest BCUT2D eigenvalue weighted by molar-refractivity contribution is -0.136. The molecule has 2 aromatic carbocycles. The Kier molecular flexibility index (Phi) is 4.22. The van der Waals surface area contributed by atoms with Crippen LogP contribution in [-0.2, 0) is 16.1 Å². The number of hydrogen-bond acceptors (Lipinski definition) is 4. The lowest BCUT2D eigenvalue weighted by Crippen LogP contribution is -2.52. The van der Waals surface area contributed by atoms with E-state index in [2.05, 4.69) is 10.3 Å². The zero-order chi connectivity index (χ0) is 21.0. The number of rotatable bonds is 3. The highest BCUT2D eigenvalue weighted by molar-refractivity contribution is 6.31. The number of ketones is 1. The molecule has 0 aliphatic carbocycles. The first kappa shape index (κ1) is 18.6. The Morgan fingerprint density at radius 1 is 1.10 bits per heavy atom. The van der Waals surface area contributed by atoms with Gasteiger partial charge in [-0.05, 0) is 36.2 Å². The number of hydrogen-bond donors (Lipinski definition) is 2. The van der Waals surface area contributed by atoms with E-state index in [1.54, 1.807) is 42.6 Å². The number of carbonyl (C=O) groups is 4. The SMILES string of the molecule is O=C1CCC(N2Cc3cc(C(=O)c4c[nH]c5cc(Cl)ccc45)ccc3C2=O)C(=O)N1. The van der Waals surface area contributed by atoms with Crippen LogP contribution in [0.2, 0.25) is 5.02 Å². The summed E-state index contributed by atoms with van der Waals surface area (Å²) in [4.78, 5) is 54.0. The minimum absolute atomic E-state index is 0.168. The molecule has 2 N–H and O–H groups in total. The molecule has 0 radical (unpaired) electrons. The van der Waals surface area contributed by atoms with E-state index in [1.807, 2.05) is 0 Å². The van der Waals surface area contributed by atoms with Crippen LogP contribution in [0.1, 0.15) is 44.7 Å². The van der Waals surface area contributed by atoms with Crippen LogP contribution in [0.3, 0.4) is 0 Å². The molecular formula is C22H16ClN3O4. The topological polar surface area (TPSA) is 99.3 Å². The predicted molar refractivity (Wildman–Crippen MR) is 109 cm³/mol. The standard InChI is InChI=1S/C22H16ClN3O4/c23-13-2-4-15-16(9-24-17(15)8-13)20(28)11-1-3-14-12(7-11)10-26(22(14)30)18-5-6-19(27)25-21(18)29/h1-4,7-9,18,24H,5-6,10H2,(H,25,27,29). The summed E-state index contributed by atoms with van der Waals surface area (Å²) in [6, 6.07) is 9.56. The highest BCUT2D eigenvalue weighted by Gasteiger charge is 2.39. The maximum Gasteiger partial charge on any atom is 0.255 e. The summed E-state index contributed by atoms with van der Waals surface area (Å²) in [6.07, 6.45) is 2.15. The van der Waals surface area contributed by atoms with Crippen molar-refractivity contribution in [3.05, 3.63) is 69.9 Å². The average Bonchev–Trinajstić information content (AvgIpc) is 3.28. The van der Waals surface area contributed by atoms with E-state index >= 15 is 0 Å². The maximum absolute atomic E-state index is 13.1. The third-order valence-electron chi connectivity index (χ3n) is 5.67. The zero-order valence-electron chi connectivity index (χ0n) is 15.7. The van der Waals surface area contributed by atoms with E-state index in [0.29, 0.717) is 33.7 Å². The van der Waals surface area contributed by atoms with Crippen LogP contribution < -0.4 is 5.32 Å². The van der Waals surface area contributed by atoms with Crippen LogP contribution in [0, 0.1) is 0 Å². The normalized spacial score (nSPS) is 18.6. The molecule has 0 spiro atoms. The van der Waals surface area contributed by atoms with Crippen LogP contribution in [0.25, 0.3) is 10.9 Å². The molecule has 1 saturated heterocycles. The second-order valence-corrected chi connectivity index (χ2v) is 7.93. The quantitative estimate of drug-likeness (QED) is 0.501. The van der Waals surface area contributed by atoms with Gasteiger partial charge in [0.1, 0.15) is 6.04 Å². The number of aromatic nitrogens is 1. The van der Waals surface area contributed by atoms with Crippen molar-refractivity contribution in [2.24, 2.45) is 0 Å². The fourth-order valence-electron chi connectivity index (χ4n) is 4.16. The molecule has 1 unspecified atom stereocenters. The van der Waals surface area contributed by atoms with Gasteiger partial charge in [0.2, 0.25) is 11.8 Å². The van der Waals surface area contributed by atoms with Crippen molar-refractivity contribution in [3.8, 4) is 0 Å². The van der Waals surface area contributed by atoms with E-state index in [9.17, 15) is 19.2 Å². The molecule has 3 aromatic rings. The number of amides is 3. The van der Waals surface area contributed by atoms with Gasteiger partial charge in [0.25, 0.3) is 5.91 Å². The lowest BCUT2D eigenvalue weighted by Gasteiger charge is -2.29. The smallest absolute Gasteiger partial charge is 0.255 e. The molecule has 150 valence electrons. The van der Waals surface area contributed by atoms with Gasteiger partial charge in [-0.15, -0.1) is 0 Å². The summed E-state index contributed by atoms with van der Waals surface area (Å²) in [5.74, 6) is -1.21. The van der Waals surface area contributed by atoms with Crippen LogP contribution in [0.4, 0.5) is 0 Å². The molecule has 5 rings (SSSR count). The molecule has 2 aliphatic heterocycles. The summed E-state index contributed by atoms with van der Waals surface area (Å²) in [6.45, 7) is 0.227. The molecule has 8 heteroatoms. The number of imide groups is 1. The van der Waals surface area contributed by atoms with Crippen molar-refractivity contribution in [3.63, 3.8) is 0 Å². The second-order valence-electron chi connectivity index (χ2n) is 7.49. The molecule has 0 saturated carbocycles. The van der Waals surface area contributed by atoms with E-state index < -0.39 is 11.9 Å². The number of nitrogens with one attached hydrogen (secondary N) is 2. The molecule has 1 fully saturated rings. The Morgan fingerprint density at radius 2 is 1.93 bits per heavy atom. The Hall–Kier alpha value is -3.45. The highest BCUT2D eigenvalue weighted by atomic mass is 35.5. The van der Waals surface area contributed by atoms with Crippen molar-refractivity contribution >= 4 is 46.0 Å². The largest absolute Gasteiger partial charge is 0.360 e. The molecule has 3 amide bonds. The monoisotopic (exact) mass is 421 g/mol. The number of piperidine rings is 1. The van der Waals surface area contributed by atoms with Gasteiger partial charge in [-0.3, -0.25) is 24.5 Å². The van der Waals surface area contributed by atoms with Crippen molar-refractivity contribution < 1.29 is 19.2 Å². The predicted octanol–water partition coefficient (Wildman–Crippen LogP) is 2.81. The van der Waals surface area contributed by atoms with Gasteiger partial charge in [0.15, 0.2) is 5.78 Å². The lowest BCUT2D eigenvalue weighted by atomic mass is 9.99. The van der Waals surface area contributed by atoms with E-state index in [-0.39, 0.29) is 30.6 Å². The van der Waals surface area contributed by atoms with Gasteiger partial charge in [0.05, 0.1) is 0 Å². The zero-order valence-corrected chi connectivity index (χ0v) is 16.5. The van der Waals surface area contributed by atoms with Crippen LogP contribution in [0.5, 0.6) is 0 Å². The molecule has 3 heterocycles. The third-order valence-corrected chi connectivity index (χ3v) is 5.91. The Labute approximate surface area is 176 Å². The molecular weight excluding hydrogens is 406 g/mol. The minimum Gasteiger partial charge on any atom is -0.360 e. The van der Waals surface area contributed by atoms with Crippen molar-refractivity contribution in [2.45, 2.75) is 25.4 Å². The summed E-state index contributed by atoms with van der Waals surface area (Å²) < 4.78 is 0. The Balaban J connectivity index is 1.44. The summed E-state index contributed by atoms with van der Waals surface area (Å²) in [5, 5.41) is 3.63. The van der Waals surface area contributed by atoms with E-state index in [0.717, 1.165) is 10.9 Å². The van der Waals surface area contributed by atoms with Crippen molar-refractivity contribution in [1.82, 2.24) is 15.2 Å². The van der Waals surface area contributed by atoms with Gasteiger partial charge in [-0.2, -0.15) is 0 Å². The highest BCUT2D eigenvalue weighted by Crippen LogP contribution is 2.30. The summed E-state index contributed by atoms with van der Waals surface area (Å²) in [5.41, 5.74) is 2.92. The van der Waals surface area contributed by atoms with Crippen LogP contribution in [-0.4, -0.2) is 39.4 Å². The Morgan fingerprint density at radius 3 is 2.73 bits per heavy atom. The first-order valence-corrected chi connectivity index (χ1v) is 9.89. The summed E-state index contributed by atoms with van der Waals surface area (Å²) >= 11 is 6.01. The first-order chi connectivity index (χ1) is 14.4. The molecule has 0 bridgehead atoms. The summed E-state index contributed by atoms with van der Waals surface area (Å²) in [7, 11) is 0. The van der Waals surface area contributed by atoms with Crippen LogP contribution in [0.15, 0.2) is 42.6 Å². The molecule has 2 aliphatic rings. The number of H-pyrrole nitrogens is 1. The Bertz CT molecular complexity index is 1260. The van der Waals surface area contributed by atoms with E-state index in [4.69, 9.17) is 11.6 Å². The van der Waals surface area contributed by atoms with Crippen molar-refractivity contribution in [2.75, 3.05) is 0 Å². The minimum atomic E-state index is -0.680. The number of carbonyl (C=O) groups excluding carboxylic acids is 4. The van der Waals surface area contributed by atoms with Gasteiger partial charge >= 0.3 is 0 Å². The number of benzene rings is 2. The number of fused-ring (bicyclic) bond motifs is 2. The second kappa shape index (κ2) is 6.81. The molecule has 1 atom stereocenters.